The maximum Gasteiger partial charge on any atom is 0.314 e. The Balaban J connectivity index is 2.43. The maximum absolute atomic E-state index is 13.0. The van der Waals surface area contributed by atoms with Crippen LogP contribution in [0.2, 0.25) is 0 Å². The molecule has 2 N–H and O–H groups in total. The van der Waals surface area contributed by atoms with Crippen molar-refractivity contribution in [1.82, 2.24) is 0 Å². The van der Waals surface area contributed by atoms with Gasteiger partial charge in [-0.15, -0.1) is 0 Å². The van der Waals surface area contributed by atoms with Crippen molar-refractivity contribution >= 4 is 5.97 Å². The smallest absolute Gasteiger partial charge is 0.314 e. The number of hydrogen-bond acceptors (Lipinski definition) is 2. The van der Waals surface area contributed by atoms with E-state index < -0.39 is 28.9 Å². The Bertz CT molecular complexity index is 447. The summed E-state index contributed by atoms with van der Waals surface area (Å²) in [4.78, 5) is 11.1. The summed E-state index contributed by atoms with van der Waals surface area (Å²) >= 11 is 0. The molecule has 0 heterocycles. The highest BCUT2D eigenvalue weighted by Crippen LogP contribution is 2.54. The lowest BCUT2D eigenvalue weighted by Gasteiger charge is -2.12. The molecule has 0 amide bonds. The van der Waals surface area contributed by atoms with E-state index in [4.69, 9.17) is 10.2 Å². The number of aliphatic hydroxyl groups is 1. The first-order valence-electron chi connectivity index (χ1n) is 4.82. The molecule has 1 aliphatic rings. The molecule has 1 aliphatic carbocycles. The number of carboxylic acids is 1. The average Bonchev–Trinajstić information content (AvgIpc) is 2.98. The SMILES string of the molecule is O=C(O)[C@@]1(c2ccc(F)c(F)c2)C[C@H]1CO. The quantitative estimate of drug-likeness (QED) is 0.819. The molecule has 0 unspecified atom stereocenters. The van der Waals surface area contributed by atoms with Gasteiger partial charge >= 0.3 is 5.97 Å². The minimum atomic E-state index is -1.25. The standard InChI is InChI=1S/C11H10F2O3/c12-8-2-1-6(3-9(8)13)11(10(15)16)4-7(11)5-14/h1-3,7,14H,4-5H2,(H,15,16)/t7-,11+/m0/s1. The lowest BCUT2D eigenvalue weighted by atomic mass is 9.93. The topological polar surface area (TPSA) is 57.5 Å². The number of aliphatic hydroxyl groups excluding tert-OH is 1. The van der Waals surface area contributed by atoms with Gasteiger partial charge in [-0.3, -0.25) is 4.79 Å². The Morgan fingerprint density at radius 3 is 2.56 bits per heavy atom. The molecule has 0 aliphatic heterocycles. The number of benzene rings is 1. The number of carbonyl (C=O) groups is 1. The molecule has 1 aromatic carbocycles. The summed E-state index contributed by atoms with van der Waals surface area (Å²) in [6.45, 7) is -0.273. The third-order valence-electron chi connectivity index (χ3n) is 3.14. The van der Waals surface area contributed by atoms with E-state index in [-0.39, 0.29) is 18.6 Å². The molecule has 0 radical (unpaired) electrons. The lowest BCUT2D eigenvalue weighted by Crippen LogP contribution is -2.23. The summed E-state index contributed by atoms with van der Waals surface area (Å²) in [5.74, 6) is -3.61. The van der Waals surface area contributed by atoms with E-state index in [2.05, 4.69) is 0 Å². The van der Waals surface area contributed by atoms with Crippen LogP contribution >= 0.6 is 0 Å². The van der Waals surface area contributed by atoms with Crippen LogP contribution in [0.4, 0.5) is 8.78 Å². The molecule has 1 aromatic rings. The Labute approximate surface area is 90.3 Å². The van der Waals surface area contributed by atoms with Crippen LogP contribution in [0.5, 0.6) is 0 Å². The summed E-state index contributed by atoms with van der Waals surface area (Å²) in [5, 5.41) is 18.0. The minimum absolute atomic E-state index is 0.206. The summed E-state index contributed by atoms with van der Waals surface area (Å²) in [5.41, 5.74) is -1.04. The number of rotatable bonds is 3. The van der Waals surface area contributed by atoms with E-state index in [1.165, 1.54) is 6.07 Å². The summed E-state index contributed by atoms with van der Waals surface area (Å²) < 4.78 is 25.7. The van der Waals surface area contributed by atoms with E-state index in [9.17, 15) is 13.6 Å². The van der Waals surface area contributed by atoms with Crippen LogP contribution in [0.15, 0.2) is 18.2 Å². The Morgan fingerprint density at radius 2 is 2.12 bits per heavy atom. The third kappa shape index (κ3) is 1.39. The fourth-order valence-electron chi connectivity index (χ4n) is 2.06. The molecule has 0 bridgehead atoms. The predicted molar refractivity (Wildman–Crippen MR) is 50.9 cm³/mol. The zero-order valence-electron chi connectivity index (χ0n) is 8.28. The van der Waals surface area contributed by atoms with Gasteiger partial charge in [0.15, 0.2) is 11.6 Å². The van der Waals surface area contributed by atoms with Crippen LogP contribution in [-0.4, -0.2) is 22.8 Å². The van der Waals surface area contributed by atoms with Crippen molar-refractivity contribution in [2.24, 2.45) is 5.92 Å². The molecule has 0 aromatic heterocycles. The molecule has 2 atom stereocenters. The van der Waals surface area contributed by atoms with Crippen molar-refractivity contribution in [3.63, 3.8) is 0 Å². The van der Waals surface area contributed by atoms with Crippen LogP contribution in [0, 0.1) is 17.6 Å². The summed E-state index contributed by atoms with van der Waals surface area (Å²) in [6.07, 6.45) is 0.254. The van der Waals surface area contributed by atoms with Gasteiger partial charge in [0.1, 0.15) is 0 Å². The first-order chi connectivity index (χ1) is 7.52. The molecule has 0 spiro atoms. The second kappa shape index (κ2) is 3.52. The molecule has 1 saturated carbocycles. The lowest BCUT2D eigenvalue weighted by molar-refractivity contribution is -0.140. The summed E-state index contributed by atoms with van der Waals surface area (Å²) in [6, 6.07) is 3.05. The Morgan fingerprint density at radius 1 is 1.44 bits per heavy atom. The minimum Gasteiger partial charge on any atom is -0.481 e. The van der Waals surface area contributed by atoms with Crippen LogP contribution in [0.1, 0.15) is 12.0 Å². The van der Waals surface area contributed by atoms with Crippen LogP contribution in [-0.2, 0) is 10.2 Å². The third-order valence-corrected chi connectivity index (χ3v) is 3.14. The average molecular weight is 228 g/mol. The van der Waals surface area contributed by atoms with Gasteiger partial charge in [-0.05, 0) is 24.1 Å². The Kier molecular flexibility index (Phi) is 2.42. The van der Waals surface area contributed by atoms with Gasteiger partial charge in [-0.1, -0.05) is 6.07 Å². The van der Waals surface area contributed by atoms with Gasteiger partial charge in [-0.25, -0.2) is 8.78 Å². The van der Waals surface area contributed by atoms with Crippen molar-refractivity contribution in [3.8, 4) is 0 Å². The Hall–Kier alpha value is -1.49. The van der Waals surface area contributed by atoms with Crippen molar-refractivity contribution in [2.75, 3.05) is 6.61 Å². The van der Waals surface area contributed by atoms with E-state index in [0.29, 0.717) is 0 Å². The van der Waals surface area contributed by atoms with E-state index in [0.717, 1.165) is 12.1 Å². The number of carboxylic acid groups (broad SMARTS) is 1. The van der Waals surface area contributed by atoms with Crippen molar-refractivity contribution < 1.29 is 23.8 Å². The number of hydrogen-bond donors (Lipinski definition) is 2. The predicted octanol–water partition coefficient (Wildman–Crippen LogP) is 1.30. The second-order valence-corrected chi connectivity index (χ2v) is 3.99. The highest BCUT2D eigenvalue weighted by atomic mass is 19.2. The van der Waals surface area contributed by atoms with E-state index in [1.807, 2.05) is 0 Å². The van der Waals surface area contributed by atoms with Gasteiger partial charge < -0.3 is 10.2 Å². The number of halogens is 2. The van der Waals surface area contributed by atoms with Gasteiger partial charge in [0, 0.05) is 12.5 Å². The normalized spacial score (nSPS) is 27.8. The fraction of sp³-hybridized carbons (Fsp3) is 0.364. The largest absolute Gasteiger partial charge is 0.481 e. The van der Waals surface area contributed by atoms with E-state index >= 15 is 0 Å². The molecular formula is C11H10F2O3. The first kappa shape index (κ1) is 11.0. The molecule has 0 saturated heterocycles. The second-order valence-electron chi connectivity index (χ2n) is 3.99. The fourth-order valence-corrected chi connectivity index (χ4v) is 2.06. The molecular weight excluding hydrogens is 218 g/mol. The van der Waals surface area contributed by atoms with Crippen molar-refractivity contribution in [2.45, 2.75) is 11.8 Å². The molecule has 86 valence electrons. The van der Waals surface area contributed by atoms with Gasteiger partial charge in [-0.2, -0.15) is 0 Å². The summed E-state index contributed by atoms with van der Waals surface area (Å²) in [7, 11) is 0. The monoisotopic (exact) mass is 228 g/mol. The zero-order valence-corrected chi connectivity index (χ0v) is 8.28. The zero-order chi connectivity index (χ0) is 11.9. The van der Waals surface area contributed by atoms with Gasteiger partial charge in [0.2, 0.25) is 0 Å². The van der Waals surface area contributed by atoms with Gasteiger partial charge in [0.05, 0.1) is 5.41 Å². The highest BCUT2D eigenvalue weighted by Gasteiger charge is 2.61. The molecule has 3 nitrogen and oxygen atoms in total. The van der Waals surface area contributed by atoms with Crippen molar-refractivity contribution in [1.29, 1.82) is 0 Å². The molecule has 16 heavy (non-hydrogen) atoms. The van der Waals surface area contributed by atoms with Crippen LogP contribution in [0.25, 0.3) is 0 Å². The van der Waals surface area contributed by atoms with Crippen molar-refractivity contribution in [3.05, 3.63) is 35.4 Å². The van der Waals surface area contributed by atoms with Gasteiger partial charge in [0.25, 0.3) is 0 Å². The maximum atomic E-state index is 13.0. The highest BCUT2D eigenvalue weighted by molar-refractivity contribution is 5.85. The van der Waals surface area contributed by atoms with E-state index in [1.54, 1.807) is 0 Å². The molecule has 1 fully saturated rings. The number of aliphatic carboxylic acids is 1. The first-order valence-corrected chi connectivity index (χ1v) is 4.82. The van der Waals surface area contributed by atoms with Crippen LogP contribution in [0.3, 0.4) is 0 Å². The molecule has 5 heteroatoms. The van der Waals surface area contributed by atoms with Crippen LogP contribution < -0.4 is 0 Å². The molecule has 2 rings (SSSR count).